The molecule has 0 bridgehead atoms. The van der Waals surface area contributed by atoms with Crippen LogP contribution in [0.1, 0.15) is 42.9 Å². The Bertz CT molecular complexity index is 552. The molecule has 0 amide bonds. The van der Waals surface area contributed by atoms with Crippen LogP contribution < -0.4 is 4.72 Å². The van der Waals surface area contributed by atoms with E-state index in [1.54, 1.807) is 20.8 Å². The maximum atomic E-state index is 12.1. The van der Waals surface area contributed by atoms with Crippen molar-refractivity contribution in [3.05, 3.63) is 16.5 Å². The zero-order chi connectivity index (χ0) is 14.1. The summed E-state index contributed by atoms with van der Waals surface area (Å²) in [7, 11) is -3.80. The average molecular weight is 291 g/mol. The summed E-state index contributed by atoms with van der Waals surface area (Å²) in [6, 6.07) is 1.42. The maximum absolute atomic E-state index is 12.1. The second kappa shape index (κ2) is 4.99. The molecule has 1 aromatic heterocycles. The molecule has 1 heterocycles. The molecule has 0 aromatic carbocycles. The van der Waals surface area contributed by atoms with E-state index in [1.807, 2.05) is 6.92 Å². The number of thiophene rings is 1. The van der Waals surface area contributed by atoms with Gasteiger partial charge in [0.05, 0.1) is 5.56 Å². The maximum Gasteiger partial charge on any atom is 0.337 e. The van der Waals surface area contributed by atoms with Crippen LogP contribution in [0.25, 0.3) is 0 Å². The topological polar surface area (TPSA) is 83.5 Å². The van der Waals surface area contributed by atoms with Crippen LogP contribution in [0.5, 0.6) is 0 Å². The molecule has 7 heteroatoms. The molecule has 0 fully saturated rings. The highest BCUT2D eigenvalue weighted by Gasteiger charge is 2.29. The van der Waals surface area contributed by atoms with Crippen molar-refractivity contribution in [2.75, 3.05) is 0 Å². The van der Waals surface area contributed by atoms with E-state index in [-0.39, 0.29) is 9.77 Å². The number of carbonyl (C=O) groups is 1. The number of hydrogen-bond acceptors (Lipinski definition) is 4. The van der Waals surface area contributed by atoms with Crippen LogP contribution >= 0.6 is 11.3 Å². The lowest BCUT2D eigenvalue weighted by Crippen LogP contribution is -2.40. The molecule has 0 unspecified atom stereocenters. The van der Waals surface area contributed by atoms with Crippen LogP contribution in [0, 0.1) is 0 Å². The molecule has 0 atom stereocenters. The fourth-order valence-corrected chi connectivity index (χ4v) is 4.43. The lowest BCUT2D eigenvalue weighted by molar-refractivity contribution is 0.0693. The van der Waals surface area contributed by atoms with Gasteiger partial charge in [-0.05, 0) is 33.3 Å². The van der Waals surface area contributed by atoms with Gasteiger partial charge in [0.15, 0.2) is 0 Å². The number of carboxylic acids is 1. The minimum atomic E-state index is -3.80. The number of hydrogen-bond donors (Lipinski definition) is 2. The van der Waals surface area contributed by atoms with Crippen LogP contribution in [0.4, 0.5) is 0 Å². The first-order valence-corrected chi connectivity index (χ1v) is 7.77. The molecule has 5 nitrogen and oxygen atoms in total. The molecule has 0 saturated carbocycles. The SMILES string of the molecule is CCc1cc(C(=O)O)c(S(=O)(=O)NC(C)(C)C)s1. The van der Waals surface area contributed by atoms with Crippen molar-refractivity contribution in [2.45, 2.75) is 43.9 Å². The number of rotatable bonds is 4. The van der Waals surface area contributed by atoms with Crippen molar-refractivity contribution < 1.29 is 18.3 Å². The number of carboxylic acid groups (broad SMARTS) is 1. The Morgan fingerprint density at radius 2 is 2.00 bits per heavy atom. The summed E-state index contributed by atoms with van der Waals surface area (Å²) >= 11 is 1.00. The molecular weight excluding hydrogens is 274 g/mol. The Balaban J connectivity index is 3.31. The van der Waals surface area contributed by atoms with E-state index in [2.05, 4.69) is 4.72 Å². The highest BCUT2D eigenvalue weighted by Crippen LogP contribution is 2.28. The molecule has 18 heavy (non-hydrogen) atoms. The van der Waals surface area contributed by atoms with E-state index in [0.717, 1.165) is 16.2 Å². The molecule has 0 aliphatic heterocycles. The zero-order valence-corrected chi connectivity index (χ0v) is 12.4. The number of nitrogens with one attached hydrogen (secondary N) is 1. The van der Waals surface area contributed by atoms with Crippen molar-refractivity contribution in [3.63, 3.8) is 0 Å². The molecular formula is C11H17NO4S2. The van der Waals surface area contributed by atoms with E-state index in [1.165, 1.54) is 6.07 Å². The minimum absolute atomic E-state index is 0.123. The first-order valence-electron chi connectivity index (χ1n) is 5.47. The van der Waals surface area contributed by atoms with Crippen molar-refractivity contribution in [2.24, 2.45) is 0 Å². The fourth-order valence-electron chi connectivity index (χ4n) is 1.40. The molecule has 0 radical (unpaired) electrons. The third-order valence-electron chi connectivity index (χ3n) is 2.01. The van der Waals surface area contributed by atoms with Gasteiger partial charge in [0, 0.05) is 10.4 Å². The molecule has 0 saturated heterocycles. The van der Waals surface area contributed by atoms with E-state index in [9.17, 15) is 13.2 Å². The van der Waals surface area contributed by atoms with Crippen molar-refractivity contribution in [3.8, 4) is 0 Å². The molecule has 2 N–H and O–H groups in total. The Kier molecular flexibility index (Phi) is 4.19. The lowest BCUT2D eigenvalue weighted by atomic mass is 10.1. The summed E-state index contributed by atoms with van der Waals surface area (Å²) in [6.45, 7) is 6.98. The summed E-state index contributed by atoms with van der Waals surface area (Å²) in [6.07, 6.45) is 0.607. The van der Waals surface area contributed by atoms with Crippen LogP contribution in [-0.4, -0.2) is 25.0 Å². The van der Waals surface area contributed by atoms with Gasteiger partial charge in [-0.25, -0.2) is 17.9 Å². The normalized spacial score (nSPS) is 12.7. The molecule has 0 aliphatic rings. The third kappa shape index (κ3) is 3.54. The van der Waals surface area contributed by atoms with Crippen molar-refractivity contribution in [1.29, 1.82) is 0 Å². The second-order valence-corrected chi connectivity index (χ2v) is 7.94. The van der Waals surface area contributed by atoms with Gasteiger partial charge in [-0.3, -0.25) is 0 Å². The van der Waals surface area contributed by atoms with Gasteiger partial charge >= 0.3 is 5.97 Å². The number of aromatic carboxylic acids is 1. The van der Waals surface area contributed by atoms with E-state index < -0.39 is 21.5 Å². The van der Waals surface area contributed by atoms with Crippen LogP contribution in [0.2, 0.25) is 0 Å². The van der Waals surface area contributed by atoms with Crippen molar-refractivity contribution >= 4 is 27.3 Å². The van der Waals surface area contributed by atoms with E-state index in [4.69, 9.17) is 5.11 Å². The molecule has 102 valence electrons. The molecule has 1 aromatic rings. The predicted octanol–water partition coefficient (Wildman–Crippen LogP) is 2.09. The predicted molar refractivity (Wildman–Crippen MR) is 70.7 cm³/mol. The Hall–Kier alpha value is -0.920. The van der Waals surface area contributed by atoms with Gasteiger partial charge in [-0.1, -0.05) is 6.92 Å². The van der Waals surface area contributed by atoms with E-state index >= 15 is 0 Å². The number of sulfonamides is 1. The van der Waals surface area contributed by atoms with Gasteiger partial charge < -0.3 is 5.11 Å². The highest BCUT2D eigenvalue weighted by molar-refractivity contribution is 7.91. The highest BCUT2D eigenvalue weighted by atomic mass is 32.2. The molecule has 1 rings (SSSR count). The van der Waals surface area contributed by atoms with Gasteiger partial charge in [0.25, 0.3) is 10.0 Å². The van der Waals surface area contributed by atoms with Crippen LogP contribution in [0.15, 0.2) is 10.3 Å². The average Bonchev–Trinajstić information content (AvgIpc) is 2.57. The summed E-state index contributed by atoms with van der Waals surface area (Å²) < 4.78 is 26.6. The third-order valence-corrected chi connectivity index (χ3v) is 5.58. The Labute approximate surface area is 111 Å². The van der Waals surface area contributed by atoms with Gasteiger partial charge in [-0.2, -0.15) is 0 Å². The van der Waals surface area contributed by atoms with Gasteiger partial charge in [-0.15, -0.1) is 11.3 Å². The van der Waals surface area contributed by atoms with Crippen LogP contribution in [0.3, 0.4) is 0 Å². The smallest absolute Gasteiger partial charge is 0.337 e. The van der Waals surface area contributed by atoms with Gasteiger partial charge in [0.1, 0.15) is 4.21 Å². The zero-order valence-electron chi connectivity index (χ0n) is 10.8. The first-order chi connectivity index (χ1) is 8.07. The molecule has 0 aliphatic carbocycles. The monoisotopic (exact) mass is 291 g/mol. The fraction of sp³-hybridized carbons (Fsp3) is 0.545. The van der Waals surface area contributed by atoms with Gasteiger partial charge in [0.2, 0.25) is 0 Å². The number of aryl methyl sites for hydroxylation is 1. The van der Waals surface area contributed by atoms with E-state index in [0.29, 0.717) is 6.42 Å². The summed E-state index contributed by atoms with van der Waals surface area (Å²) in [5, 5.41) is 9.05. The van der Waals surface area contributed by atoms with Crippen LogP contribution in [-0.2, 0) is 16.4 Å². The minimum Gasteiger partial charge on any atom is -0.478 e. The second-order valence-electron chi connectivity index (χ2n) is 4.93. The summed E-state index contributed by atoms with van der Waals surface area (Å²) in [5.41, 5.74) is -0.807. The standard InChI is InChI=1S/C11H17NO4S2/c1-5-7-6-8(9(13)14)10(17-7)18(15,16)12-11(2,3)4/h6,12H,5H2,1-4H3,(H,13,14). The largest absolute Gasteiger partial charge is 0.478 e. The molecule has 0 spiro atoms. The first kappa shape index (κ1) is 15.1. The Morgan fingerprint density at radius 3 is 2.39 bits per heavy atom. The quantitative estimate of drug-likeness (QED) is 0.889. The summed E-state index contributed by atoms with van der Waals surface area (Å²) in [5.74, 6) is -1.22. The van der Waals surface area contributed by atoms with Crippen molar-refractivity contribution in [1.82, 2.24) is 4.72 Å². The Morgan fingerprint density at radius 1 is 1.44 bits per heavy atom. The lowest BCUT2D eigenvalue weighted by Gasteiger charge is -2.19. The summed E-state index contributed by atoms with van der Waals surface area (Å²) in [4.78, 5) is 11.8.